The van der Waals surface area contributed by atoms with E-state index < -0.39 is 0 Å². The third-order valence-corrected chi connectivity index (χ3v) is 2.91. The number of hydrogen-bond donors (Lipinski definition) is 1. The van der Waals surface area contributed by atoms with Crippen LogP contribution in [0.2, 0.25) is 0 Å². The van der Waals surface area contributed by atoms with Gasteiger partial charge in [0.1, 0.15) is 23.7 Å². The maximum absolute atomic E-state index is 5.68. The number of rotatable bonds is 5. The Hall–Kier alpha value is -1.88. The van der Waals surface area contributed by atoms with Crippen molar-refractivity contribution in [1.82, 2.24) is 15.6 Å². The van der Waals surface area contributed by atoms with Crippen LogP contribution >= 0.6 is 0 Å². The van der Waals surface area contributed by atoms with Crippen LogP contribution in [0, 0.1) is 6.92 Å². The maximum Gasteiger partial charge on any atom is 0.145 e. The van der Waals surface area contributed by atoms with Crippen molar-refractivity contribution in [3.05, 3.63) is 41.2 Å². The first-order valence-electron chi connectivity index (χ1n) is 5.88. The number of nitrogens with one attached hydrogen (secondary N) is 1. The first-order chi connectivity index (χ1) is 8.70. The molecule has 5 nitrogen and oxygen atoms in total. The largest absolute Gasteiger partial charge is 0.487 e. The van der Waals surface area contributed by atoms with Gasteiger partial charge in [-0.2, -0.15) is 0 Å². The molecule has 0 aliphatic heterocycles. The lowest BCUT2D eigenvalue weighted by Gasteiger charge is -2.12. The van der Waals surface area contributed by atoms with Gasteiger partial charge < -0.3 is 10.1 Å². The molecule has 96 valence electrons. The second-order valence-corrected chi connectivity index (χ2v) is 4.17. The quantitative estimate of drug-likeness (QED) is 0.878. The number of ether oxygens (including phenoxy) is 1. The van der Waals surface area contributed by atoms with Crippen LogP contribution < -0.4 is 10.1 Å². The molecule has 0 bridgehead atoms. The Morgan fingerprint density at radius 1 is 1.39 bits per heavy atom. The lowest BCUT2D eigenvalue weighted by Crippen LogP contribution is -2.12. The predicted octanol–water partition coefficient (Wildman–Crippen LogP) is 2.24. The summed E-state index contributed by atoms with van der Waals surface area (Å²) in [5.41, 5.74) is 2.67. The third-order valence-electron chi connectivity index (χ3n) is 2.91. The Balaban J connectivity index is 2.04. The van der Waals surface area contributed by atoms with Gasteiger partial charge in [0.25, 0.3) is 0 Å². The molecule has 0 spiro atoms. The van der Waals surface area contributed by atoms with Gasteiger partial charge in [-0.05, 0) is 38.6 Å². The molecule has 1 heterocycles. The maximum atomic E-state index is 5.68. The number of benzene rings is 1. The van der Waals surface area contributed by atoms with E-state index in [1.165, 1.54) is 5.56 Å². The molecule has 0 radical (unpaired) electrons. The molecule has 2 aromatic rings. The second-order valence-electron chi connectivity index (χ2n) is 4.17. The molecule has 5 heteroatoms. The smallest absolute Gasteiger partial charge is 0.145 e. The van der Waals surface area contributed by atoms with Gasteiger partial charge >= 0.3 is 0 Å². The molecule has 0 saturated carbocycles. The van der Waals surface area contributed by atoms with Crippen molar-refractivity contribution >= 4 is 0 Å². The third kappa shape index (κ3) is 2.87. The van der Waals surface area contributed by atoms with Crippen LogP contribution in [0.1, 0.15) is 29.9 Å². The van der Waals surface area contributed by atoms with E-state index in [0.717, 1.165) is 17.1 Å². The first kappa shape index (κ1) is 12.6. The summed E-state index contributed by atoms with van der Waals surface area (Å²) in [5.74, 6) is 0.817. The van der Waals surface area contributed by atoms with Gasteiger partial charge in [0.05, 0.1) is 0 Å². The summed E-state index contributed by atoms with van der Waals surface area (Å²) in [6, 6.07) is 8.28. The molecule has 2 rings (SSSR count). The van der Waals surface area contributed by atoms with Gasteiger partial charge in [-0.1, -0.05) is 22.4 Å². The zero-order chi connectivity index (χ0) is 13.0. The van der Waals surface area contributed by atoms with E-state index in [2.05, 4.69) is 33.2 Å². The molecular weight excluding hydrogens is 230 g/mol. The van der Waals surface area contributed by atoms with E-state index in [1.807, 2.05) is 32.2 Å². The molecule has 0 fully saturated rings. The van der Waals surface area contributed by atoms with Crippen LogP contribution in [-0.4, -0.2) is 17.4 Å². The predicted molar refractivity (Wildman–Crippen MR) is 67.3 cm³/mol. The lowest BCUT2D eigenvalue weighted by molar-refractivity contribution is 0.270. The van der Waals surface area contributed by atoms with E-state index in [4.69, 9.17) is 4.74 Å². The summed E-state index contributed by atoms with van der Waals surface area (Å²) < 4.78 is 10.3. The Bertz CT molecular complexity index is 510. The Labute approximate surface area is 106 Å². The Kier molecular flexibility index (Phi) is 3.94. The molecule has 1 N–H and O–H groups in total. The first-order valence-corrected chi connectivity index (χ1v) is 5.88. The summed E-state index contributed by atoms with van der Waals surface area (Å²) in [5, 5.41) is 10.7. The summed E-state index contributed by atoms with van der Waals surface area (Å²) in [4.78, 5) is 0. The Morgan fingerprint density at radius 2 is 2.22 bits per heavy atom. The van der Waals surface area contributed by atoms with E-state index in [9.17, 15) is 0 Å². The monoisotopic (exact) mass is 247 g/mol. The summed E-state index contributed by atoms with van der Waals surface area (Å²) in [6.45, 7) is 4.31. The molecule has 18 heavy (non-hydrogen) atoms. The summed E-state index contributed by atoms with van der Waals surface area (Å²) >= 11 is 0. The highest BCUT2D eigenvalue weighted by atomic mass is 16.6. The number of nitrogens with zero attached hydrogens (tertiary/aromatic N) is 2. The number of aryl methyl sites for hydroxylation is 1. The van der Waals surface area contributed by atoms with Crippen LogP contribution in [0.3, 0.4) is 0 Å². The van der Waals surface area contributed by atoms with Gasteiger partial charge in [0.15, 0.2) is 0 Å². The standard InChI is InChI=1S/C13H17N3O2/c1-9(14-3)11-5-4-6-12(7-11)17-8-13-10(2)15-18-16-13/h4-7,9,14H,8H2,1-3H3. The van der Waals surface area contributed by atoms with Gasteiger partial charge in [-0.25, -0.2) is 4.63 Å². The van der Waals surface area contributed by atoms with E-state index >= 15 is 0 Å². The van der Waals surface area contributed by atoms with Gasteiger partial charge in [-0.3, -0.25) is 0 Å². The van der Waals surface area contributed by atoms with Crippen LogP contribution in [0.15, 0.2) is 28.9 Å². The summed E-state index contributed by atoms with van der Waals surface area (Å²) in [7, 11) is 1.93. The average Bonchev–Trinajstić information content (AvgIpc) is 2.81. The fourth-order valence-electron chi connectivity index (χ4n) is 1.57. The highest BCUT2D eigenvalue weighted by molar-refractivity contribution is 5.30. The normalized spacial score (nSPS) is 12.4. The van der Waals surface area contributed by atoms with Gasteiger partial charge in [0.2, 0.25) is 0 Å². The van der Waals surface area contributed by atoms with Crippen molar-refractivity contribution in [3.63, 3.8) is 0 Å². The average molecular weight is 247 g/mol. The molecule has 1 atom stereocenters. The van der Waals surface area contributed by atoms with Crippen molar-refractivity contribution in [2.45, 2.75) is 26.5 Å². The molecule has 0 saturated heterocycles. The molecule has 0 aliphatic carbocycles. The minimum Gasteiger partial charge on any atom is -0.487 e. The second kappa shape index (κ2) is 5.64. The molecule has 0 amide bonds. The van der Waals surface area contributed by atoms with Crippen molar-refractivity contribution in [3.8, 4) is 5.75 Å². The molecule has 1 unspecified atom stereocenters. The van der Waals surface area contributed by atoms with E-state index in [0.29, 0.717) is 12.6 Å². The van der Waals surface area contributed by atoms with Crippen molar-refractivity contribution in [1.29, 1.82) is 0 Å². The van der Waals surface area contributed by atoms with E-state index in [-0.39, 0.29) is 0 Å². The fourth-order valence-corrected chi connectivity index (χ4v) is 1.57. The minimum absolute atomic E-state index is 0.295. The van der Waals surface area contributed by atoms with Crippen LogP contribution in [0.25, 0.3) is 0 Å². The zero-order valence-corrected chi connectivity index (χ0v) is 10.8. The molecule has 1 aromatic heterocycles. The Morgan fingerprint density at radius 3 is 2.89 bits per heavy atom. The van der Waals surface area contributed by atoms with Crippen LogP contribution in [0.4, 0.5) is 0 Å². The van der Waals surface area contributed by atoms with Gasteiger partial charge in [-0.15, -0.1) is 0 Å². The fraction of sp³-hybridized carbons (Fsp3) is 0.385. The SMILES string of the molecule is CNC(C)c1cccc(OCc2nonc2C)c1. The number of hydrogen-bond acceptors (Lipinski definition) is 5. The van der Waals surface area contributed by atoms with Crippen molar-refractivity contribution in [2.75, 3.05) is 7.05 Å². The van der Waals surface area contributed by atoms with Crippen molar-refractivity contribution in [2.24, 2.45) is 0 Å². The van der Waals surface area contributed by atoms with Crippen LogP contribution in [-0.2, 0) is 6.61 Å². The van der Waals surface area contributed by atoms with Crippen LogP contribution in [0.5, 0.6) is 5.75 Å². The zero-order valence-electron chi connectivity index (χ0n) is 10.8. The molecule has 1 aromatic carbocycles. The molecular formula is C13H17N3O2. The number of aromatic nitrogens is 2. The minimum atomic E-state index is 0.295. The van der Waals surface area contributed by atoms with Gasteiger partial charge in [0, 0.05) is 6.04 Å². The highest BCUT2D eigenvalue weighted by Crippen LogP contribution is 2.19. The highest BCUT2D eigenvalue weighted by Gasteiger charge is 2.07. The van der Waals surface area contributed by atoms with E-state index in [1.54, 1.807) is 0 Å². The summed E-state index contributed by atoms with van der Waals surface area (Å²) in [6.07, 6.45) is 0. The van der Waals surface area contributed by atoms with Crippen molar-refractivity contribution < 1.29 is 9.37 Å². The topological polar surface area (TPSA) is 60.2 Å². The molecule has 0 aliphatic rings. The lowest BCUT2D eigenvalue weighted by atomic mass is 10.1.